The third kappa shape index (κ3) is 2.55. The molecule has 3 aromatic heterocycles. The number of pyridine rings is 1. The van der Waals surface area contributed by atoms with Crippen molar-refractivity contribution in [2.45, 2.75) is 25.8 Å². The SMILES string of the molecule is Cc1nc(CCn2c(CCl)nc3cc(Br)cnc32)no1. The summed E-state index contributed by atoms with van der Waals surface area (Å²) in [5, 5.41) is 3.88. The number of rotatable bonds is 4. The molecule has 0 aliphatic rings. The zero-order chi connectivity index (χ0) is 14.1. The number of hydrogen-bond donors (Lipinski definition) is 0. The van der Waals surface area contributed by atoms with E-state index < -0.39 is 0 Å². The molecule has 0 amide bonds. The average molecular weight is 357 g/mol. The van der Waals surface area contributed by atoms with E-state index in [9.17, 15) is 0 Å². The molecule has 3 rings (SSSR count). The number of nitrogens with zero attached hydrogens (tertiary/aromatic N) is 5. The largest absolute Gasteiger partial charge is 0.340 e. The van der Waals surface area contributed by atoms with Gasteiger partial charge in [-0.3, -0.25) is 0 Å². The summed E-state index contributed by atoms with van der Waals surface area (Å²) in [5.41, 5.74) is 1.63. The van der Waals surface area contributed by atoms with E-state index in [-0.39, 0.29) is 0 Å². The van der Waals surface area contributed by atoms with Crippen molar-refractivity contribution in [3.8, 4) is 0 Å². The highest BCUT2D eigenvalue weighted by Crippen LogP contribution is 2.19. The second-order valence-corrected chi connectivity index (χ2v) is 5.47. The van der Waals surface area contributed by atoms with Crippen molar-refractivity contribution in [3.63, 3.8) is 0 Å². The molecule has 0 aromatic carbocycles. The van der Waals surface area contributed by atoms with Gasteiger partial charge in [-0.25, -0.2) is 9.97 Å². The fraction of sp³-hybridized carbons (Fsp3) is 0.333. The van der Waals surface area contributed by atoms with Crippen molar-refractivity contribution < 1.29 is 4.52 Å². The van der Waals surface area contributed by atoms with E-state index in [1.54, 1.807) is 13.1 Å². The summed E-state index contributed by atoms with van der Waals surface area (Å²) in [7, 11) is 0. The van der Waals surface area contributed by atoms with Crippen molar-refractivity contribution in [2.24, 2.45) is 0 Å². The van der Waals surface area contributed by atoms with Gasteiger partial charge in [0.05, 0.1) is 5.88 Å². The molecule has 0 N–H and O–H groups in total. The van der Waals surface area contributed by atoms with E-state index in [1.165, 1.54) is 0 Å². The van der Waals surface area contributed by atoms with Crippen molar-refractivity contribution in [1.82, 2.24) is 24.7 Å². The first-order valence-corrected chi connectivity index (χ1v) is 7.36. The third-order valence-corrected chi connectivity index (χ3v) is 3.55. The first kappa shape index (κ1) is 13.5. The summed E-state index contributed by atoms with van der Waals surface area (Å²) in [5.74, 6) is 2.35. The lowest BCUT2D eigenvalue weighted by atomic mass is 10.4. The minimum atomic E-state index is 0.333. The van der Waals surface area contributed by atoms with E-state index in [4.69, 9.17) is 16.1 Å². The lowest BCUT2D eigenvalue weighted by molar-refractivity contribution is 0.386. The van der Waals surface area contributed by atoms with Gasteiger partial charge in [-0.15, -0.1) is 11.6 Å². The maximum Gasteiger partial charge on any atom is 0.223 e. The van der Waals surface area contributed by atoms with Crippen molar-refractivity contribution in [3.05, 3.63) is 34.3 Å². The van der Waals surface area contributed by atoms with Crippen LogP contribution in [0.3, 0.4) is 0 Å². The maximum absolute atomic E-state index is 5.96. The van der Waals surface area contributed by atoms with Crippen LogP contribution in [-0.2, 0) is 18.8 Å². The van der Waals surface area contributed by atoms with Gasteiger partial charge in [0.25, 0.3) is 0 Å². The van der Waals surface area contributed by atoms with Gasteiger partial charge in [0.1, 0.15) is 11.3 Å². The first-order chi connectivity index (χ1) is 9.67. The second-order valence-electron chi connectivity index (χ2n) is 4.29. The molecule has 0 unspecified atom stereocenters. The minimum Gasteiger partial charge on any atom is -0.340 e. The van der Waals surface area contributed by atoms with Crippen LogP contribution in [0, 0.1) is 6.92 Å². The van der Waals surface area contributed by atoms with Crippen LogP contribution in [-0.4, -0.2) is 24.7 Å². The standard InChI is InChI=1S/C12H11BrClN5O/c1-7-16-10(18-20-7)2-3-19-11(5-14)17-9-4-8(13)6-15-12(9)19/h4,6H,2-3,5H2,1H3. The van der Waals surface area contributed by atoms with Gasteiger partial charge in [0.2, 0.25) is 5.89 Å². The monoisotopic (exact) mass is 355 g/mol. The lowest BCUT2D eigenvalue weighted by Crippen LogP contribution is -2.06. The molecule has 0 saturated carbocycles. The molecule has 8 heteroatoms. The Morgan fingerprint density at radius 3 is 2.95 bits per heavy atom. The Balaban J connectivity index is 1.93. The summed E-state index contributed by atoms with van der Waals surface area (Å²) in [6, 6.07) is 1.92. The molecule has 20 heavy (non-hydrogen) atoms. The minimum absolute atomic E-state index is 0.333. The molecule has 104 valence electrons. The lowest BCUT2D eigenvalue weighted by Gasteiger charge is -2.04. The summed E-state index contributed by atoms with van der Waals surface area (Å²) in [4.78, 5) is 13.1. The number of fused-ring (bicyclic) bond motifs is 1. The number of aromatic nitrogens is 5. The van der Waals surface area contributed by atoms with Gasteiger partial charge in [0, 0.05) is 30.6 Å². The molecule has 6 nitrogen and oxygen atoms in total. The highest BCUT2D eigenvalue weighted by molar-refractivity contribution is 9.10. The van der Waals surface area contributed by atoms with Gasteiger partial charge in [-0.1, -0.05) is 5.16 Å². The van der Waals surface area contributed by atoms with Crippen molar-refractivity contribution in [1.29, 1.82) is 0 Å². The maximum atomic E-state index is 5.96. The van der Waals surface area contributed by atoms with E-state index in [1.807, 2.05) is 10.6 Å². The summed E-state index contributed by atoms with van der Waals surface area (Å²) >= 11 is 9.35. The summed E-state index contributed by atoms with van der Waals surface area (Å²) < 4.78 is 7.84. The van der Waals surface area contributed by atoms with Crippen LogP contribution in [0.5, 0.6) is 0 Å². The molecular weight excluding hydrogens is 346 g/mol. The van der Waals surface area contributed by atoms with Crippen LogP contribution in [0.2, 0.25) is 0 Å². The Bertz CT molecular complexity index is 753. The number of alkyl halides is 1. The van der Waals surface area contributed by atoms with Gasteiger partial charge in [-0.2, -0.15) is 4.98 Å². The highest BCUT2D eigenvalue weighted by Gasteiger charge is 2.12. The predicted octanol–water partition coefficient (Wildman–Crippen LogP) is 2.87. The smallest absolute Gasteiger partial charge is 0.223 e. The molecule has 0 aliphatic carbocycles. The normalized spacial score (nSPS) is 11.3. The quantitative estimate of drug-likeness (QED) is 0.672. The Labute approximate surface area is 128 Å². The number of halogens is 2. The van der Waals surface area contributed by atoms with Gasteiger partial charge < -0.3 is 9.09 Å². The summed E-state index contributed by atoms with van der Waals surface area (Å²) in [6.45, 7) is 2.43. The Hall–Kier alpha value is -1.47. The second kappa shape index (κ2) is 5.49. The first-order valence-electron chi connectivity index (χ1n) is 6.03. The third-order valence-electron chi connectivity index (χ3n) is 2.88. The van der Waals surface area contributed by atoms with E-state index in [0.717, 1.165) is 21.5 Å². The molecule has 0 bridgehead atoms. The van der Waals surface area contributed by atoms with E-state index in [0.29, 0.717) is 30.6 Å². The fourth-order valence-electron chi connectivity index (χ4n) is 2.02. The van der Waals surface area contributed by atoms with Crippen LogP contribution in [0.15, 0.2) is 21.3 Å². The van der Waals surface area contributed by atoms with Crippen molar-refractivity contribution in [2.75, 3.05) is 0 Å². The molecule has 3 heterocycles. The topological polar surface area (TPSA) is 69.6 Å². The number of aryl methyl sites for hydroxylation is 3. The van der Waals surface area contributed by atoms with Crippen LogP contribution >= 0.6 is 27.5 Å². The van der Waals surface area contributed by atoms with Crippen LogP contribution in [0.1, 0.15) is 17.5 Å². The van der Waals surface area contributed by atoms with Crippen molar-refractivity contribution >= 4 is 38.7 Å². The summed E-state index contributed by atoms with van der Waals surface area (Å²) in [6.07, 6.45) is 2.39. The van der Waals surface area contributed by atoms with Crippen LogP contribution in [0.4, 0.5) is 0 Å². The average Bonchev–Trinajstić information content (AvgIpc) is 2.99. The van der Waals surface area contributed by atoms with Gasteiger partial charge in [0.15, 0.2) is 11.5 Å². The van der Waals surface area contributed by atoms with E-state index in [2.05, 4.69) is 36.0 Å². The molecule has 0 aliphatic heterocycles. The van der Waals surface area contributed by atoms with Gasteiger partial charge >= 0.3 is 0 Å². The zero-order valence-corrected chi connectivity index (χ0v) is 13.0. The molecule has 3 aromatic rings. The van der Waals surface area contributed by atoms with E-state index >= 15 is 0 Å². The fourth-order valence-corrected chi connectivity index (χ4v) is 2.55. The molecular formula is C12H11BrClN5O. The Morgan fingerprint density at radius 1 is 1.40 bits per heavy atom. The molecule has 0 saturated heterocycles. The zero-order valence-electron chi connectivity index (χ0n) is 10.7. The van der Waals surface area contributed by atoms with Crippen LogP contribution in [0.25, 0.3) is 11.2 Å². The number of imidazole rings is 1. The number of hydrogen-bond acceptors (Lipinski definition) is 5. The molecule has 0 radical (unpaired) electrons. The predicted molar refractivity (Wildman–Crippen MR) is 77.5 cm³/mol. The van der Waals surface area contributed by atoms with Crippen LogP contribution < -0.4 is 0 Å². The highest BCUT2D eigenvalue weighted by atomic mass is 79.9. The Kier molecular flexibility index (Phi) is 3.71. The molecule has 0 fully saturated rings. The molecule has 0 spiro atoms. The Morgan fingerprint density at radius 2 is 2.25 bits per heavy atom. The van der Waals surface area contributed by atoms with Gasteiger partial charge in [-0.05, 0) is 22.0 Å². The molecule has 0 atom stereocenters.